The predicted octanol–water partition coefficient (Wildman–Crippen LogP) is 7.32. The summed E-state index contributed by atoms with van der Waals surface area (Å²) in [4.78, 5) is 4.77. The first-order valence-corrected chi connectivity index (χ1v) is 11.9. The first kappa shape index (κ1) is 21.0. The summed E-state index contributed by atoms with van der Waals surface area (Å²) in [5.41, 5.74) is 7.50. The Balaban J connectivity index is 1.19. The van der Waals surface area contributed by atoms with Crippen molar-refractivity contribution in [2.24, 2.45) is 5.92 Å². The zero-order valence-corrected chi connectivity index (χ0v) is 19.0. The molecule has 1 saturated carbocycles. The van der Waals surface area contributed by atoms with Crippen LogP contribution in [0.1, 0.15) is 44.1 Å². The van der Waals surface area contributed by atoms with Crippen molar-refractivity contribution in [3.05, 3.63) is 89.3 Å². The minimum Gasteiger partial charge on any atom is -0.441 e. The van der Waals surface area contributed by atoms with Crippen molar-refractivity contribution in [3.63, 3.8) is 0 Å². The van der Waals surface area contributed by atoms with Gasteiger partial charge in [-0.05, 0) is 72.9 Å². The van der Waals surface area contributed by atoms with Crippen LogP contribution < -0.4 is 0 Å². The standard InChI is InChI=1S/C29H31NO2/c1-3-21-9-14-25-19-26(15-16-27(21)25)31-18-17-28-20(2)32-29(30-28)24-12-10-23(11-13-24)22-7-5-4-6-8-22/h4-8,10-13,16,19,21,26H,3,9,14-15,17-18H2,1-2H3. The highest BCUT2D eigenvalue weighted by molar-refractivity contribution is 5.67. The number of aromatic nitrogens is 1. The van der Waals surface area contributed by atoms with E-state index in [0.717, 1.165) is 35.8 Å². The Morgan fingerprint density at radius 2 is 1.75 bits per heavy atom. The summed E-state index contributed by atoms with van der Waals surface area (Å²) in [6.07, 6.45) is 10.5. The van der Waals surface area contributed by atoms with E-state index < -0.39 is 0 Å². The van der Waals surface area contributed by atoms with Gasteiger partial charge in [-0.3, -0.25) is 0 Å². The van der Waals surface area contributed by atoms with Gasteiger partial charge in [0.15, 0.2) is 0 Å². The van der Waals surface area contributed by atoms with Crippen molar-refractivity contribution in [1.82, 2.24) is 4.98 Å². The van der Waals surface area contributed by atoms with E-state index in [9.17, 15) is 0 Å². The third-order valence-electron chi connectivity index (χ3n) is 6.83. The van der Waals surface area contributed by atoms with Crippen molar-refractivity contribution in [2.75, 3.05) is 6.61 Å². The van der Waals surface area contributed by atoms with Crippen LogP contribution in [0.5, 0.6) is 0 Å². The average molecular weight is 426 g/mol. The van der Waals surface area contributed by atoms with E-state index in [1.807, 2.05) is 13.0 Å². The first-order valence-electron chi connectivity index (χ1n) is 11.9. The van der Waals surface area contributed by atoms with E-state index in [4.69, 9.17) is 14.1 Å². The fourth-order valence-corrected chi connectivity index (χ4v) is 4.97. The maximum absolute atomic E-state index is 6.20. The Labute approximate surface area is 190 Å². The van der Waals surface area contributed by atoms with Gasteiger partial charge in [0, 0.05) is 12.0 Å². The van der Waals surface area contributed by atoms with E-state index in [1.54, 1.807) is 5.57 Å². The number of benzene rings is 2. The Morgan fingerprint density at radius 3 is 2.53 bits per heavy atom. The van der Waals surface area contributed by atoms with E-state index >= 15 is 0 Å². The summed E-state index contributed by atoms with van der Waals surface area (Å²) >= 11 is 0. The van der Waals surface area contributed by atoms with Crippen LogP contribution in [0.3, 0.4) is 0 Å². The zero-order valence-electron chi connectivity index (χ0n) is 19.0. The maximum Gasteiger partial charge on any atom is 0.226 e. The van der Waals surface area contributed by atoms with Gasteiger partial charge in [0.05, 0.1) is 18.4 Å². The van der Waals surface area contributed by atoms with E-state index in [-0.39, 0.29) is 6.10 Å². The van der Waals surface area contributed by atoms with Gasteiger partial charge < -0.3 is 9.15 Å². The lowest BCUT2D eigenvalue weighted by molar-refractivity contribution is 0.0875. The van der Waals surface area contributed by atoms with Crippen LogP contribution in [0.2, 0.25) is 0 Å². The number of fused-ring (bicyclic) bond motifs is 1. The number of rotatable bonds is 7. The van der Waals surface area contributed by atoms with E-state index in [0.29, 0.717) is 12.5 Å². The fraction of sp³-hybridized carbons (Fsp3) is 0.345. The number of allylic oxidation sites excluding steroid dienone is 2. The molecular formula is C29H31NO2. The minimum absolute atomic E-state index is 0.196. The summed E-state index contributed by atoms with van der Waals surface area (Å²) in [5, 5.41) is 0. The number of nitrogens with zero attached hydrogens (tertiary/aromatic N) is 1. The van der Waals surface area contributed by atoms with Gasteiger partial charge in [-0.25, -0.2) is 4.98 Å². The zero-order chi connectivity index (χ0) is 21.9. The summed E-state index contributed by atoms with van der Waals surface area (Å²) in [7, 11) is 0. The van der Waals surface area contributed by atoms with Crippen LogP contribution in [-0.4, -0.2) is 17.7 Å². The molecule has 0 spiro atoms. The fourth-order valence-electron chi connectivity index (χ4n) is 4.97. The molecule has 2 aromatic carbocycles. The lowest BCUT2D eigenvalue weighted by Crippen LogP contribution is -2.16. The Morgan fingerprint density at radius 1 is 1.00 bits per heavy atom. The van der Waals surface area contributed by atoms with Crippen molar-refractivity contribution in [3.8, 4) is 22.6 Å². The highest BCUT2D eigenvalue weighted by Crippen LogP contribution is 2.41. The molecule has 0 aliphatic heterocycles. The molecular weight excluding hydrogens is 394 g/mol. The number of hydrogen-bond donors (Lipinski definition) is 0. The van der Waals surface area contributed by atoms with Gasteiger partial charge in [0.2, 0.25) is 5.89 Å². The molecule has 1 aromatic heterocycles. The molecule has 3 nitrogen and oxygen atoms in total. The lowest BCUT2D eigenvalue weighted by Gasteiger charge is -2.20. The van der Waals surface area contributed by atoms with Gasteiger partial charge in [-0.15, -0.1) is 0 Å². The molecule has 3 heteroatoms. The van der Waals surface area contributed by atoms with Crippen LogP contribution in [0.4, 0.5) is 0 Å². The smallest absolute Gasteiger partial charge is 0.226 e. The van der Waals surface area contributed by atoms with Gasteiger partial charge in [0.1, 0.15) is 5.76 Å². The van der Waals surface area contributed by atoms with Crippen LogP contribution in [0, 0.1) is 12.8 Å². The highest BCUT2D eigenvalue weighted by atomic mass is 16.5. The molecule has 0 bridgehead atoms. The molecule has 164 valence electrons. The maximum atomic E-state index is 6.20. The van der Waals surface area contributed by atoms with Crippen molar-refractivity contribution < 1.29 is 9.15 Å². The first-order chi connectivity index (χ1) is 15.7. The highest BCUT2D eigenvalue weighted by Gasteiger charge is 2.27. The number of aryl methyl sites for hydroxylation is 1. The Bertz CT molecular complexity index is 1120. The molecule has 2 aliphatic carbocycles. The van der Waals surface area contributed by atoms with Gasteiger partial charge >= 0.3 is 0 Å². The second-order valence-corrected chi connectivity index (χ2v) is 8.86. The molecule has 0 N–H and O–H groups in total. The van der Waals surface area contributed by atoms with E-state index in [1.165, 1.54) is 36.0 Å². The monoisotopic (exact) mass is 425 g/mol. The topological polar surface area (TPSA) is 35.3 Å². The molecule has 2 unspecified atom stereocenters. The van der Waals surface area contributed by atoms with Gasteiger partial charge in [0.25, 0.3) is 0 Å². The minimum atomic E-state index is 0.196. The van der Waals surface area contributed by atoms with Crippen molar-refractivity contribution >= 4 is 0 Å². The summed E-state index contributed by atoms with van der Waals surface area (Å²) in [5.74, 6) is 2.32. The van der Waals surface area contributed by atoms with Crippen LogP contribution >= 0.6 is 0 Å². The molecule has 1 heterocycles. The van der Waals surface area contributed by atoms with Crippen LogP contribution in [-0.2, 0) is 11.2 Å². The molecule has 2 atom stereocenters. The normalized spacial score (nSPS) is 20.1. The SMILES string of the molecule is CCC1CCC2=CC(OCCc3nc(-c4ccc(-c5ccccc5)cc4)oc3C)CC=C21. The molecule has 0 amide bonds. The average Bonchev–Trinajstić information content (AvgIpc) is 3.42. The molecule has 5 rings (SSSR count). The van der Waals surface area contributed by atoms with Gasteiger partial charge in [-0.1, -0.05) is 61.5 Å². The lowest BCUT2D eigenvalue weighted by atomic mass is 9.92. The van der Waals surface area contributed by atoms with E-state index in [2.05, 4.69) is 67.6 Å². The van der Waals surface area contributed by atoms with Crippen LogP contribution in [0.25, 0.3) is 22.6 Å². The van der Waals surface area contributed by atoms with Crippen LogP contribution in [0.15, 0.2) is 82.3 Å². The predicted molar refractivity (Wildman–Crippen MR) is 129 cm³/mol. The Hall–Kier alpha value is -2.91. The molecule has 32 heavy (non-hydrogen) atoms. The van der Waals surface area contributed by atoms with Crippen molar-refractivity contribution in [2.45, 2.75) is 52.1 Å². The summed E-state index contributed by atoms with van der Waals surface area (Å²) in [6, 6.07) is 18.8. The Kier molecular flexibility index (Phi) is 6.09. The van der Waals surface area contributed by atoms with Gasteiger partial charge in [-0.2, -0.15) is 0 Å². The summed E-state index contributed by atoms with van der Waals surface area (Å²) < 4.78 is 12.2. The second kappa shape index (κ2) is 9.30. The molecule has 0 radical (unpaired) electrons. The number of ether oxygens (including phenoxy) is 1. The van der Waals surface area contributed by atoms with Crippen molar-refractivity contribution in [1.29, 1.82) is 0 Å². The third kappa shape index (κ3) is 4.35. The molecule has 3 aromatic rings. The molecule has 1 fully saturated rings. The number of hydrogen-bond acceptors (Lipinski definition) is 3. The quantitative estimate of drug-likeness (QED) is 0.398. The number of oxazole rings is 1. The third-order valence-corrected chi connectivity index (χ3v) is 6.83. The largest absolute Gasteiger partial charge is 0.441 e. The molecule has 0 saturated heterocycles. The summed E-state index contributed by atoms with van der Waals surface area (Å²) in [6.45, 7) is 4.95. The molecule has 2 aliphatic rings. The second-order valence-electron chi connectivity index (χ2n) is 8.86.